The first-order valence-corrected chi connectivity index (χ1v) is 13.2. The van der Waals surface area contributed by atoms with Crippen LogP contribution in [0.25, 0.3) is 5.69 Å². The third-order valence-electron chi connectivity index (χ3n) is 5.89. The van der Waals surface area contributed by atoms with Gasteiger partial charge in [0, 0.05) is 39.2 Å². The van der Waals surface area contributed by atoms with Crippen molar-refractivity contribution in [1.82, 2.24) is 4.57 Å². The average molecular weight is 597 g/mol. The lowest BCUT2D eigenvalue weighted by molar-refractivity contribution is 0.0475. The maximum Gasteiger partial charge on any atom is 0.340 e. The summed E-state index contributed by atoms with van der Waals surface area (Å²) in [6.45, 7) is 3.27. The average Bonchev–Trinajstić information content (AvgIpc) is 3.55. The Labute approximate surface area is 232 Å². The van der Waals surface area contributed by atoms with Crippen LogP contribution in [0.2, 0.25) is 0 Å². The number of ketones is 1. The van der Waals surface area contributed by atoms with Crippen LogP contribution < -0.4 is 14.8 Å². The fourth-order valence-electron chi connectivity index (χ4n) is 4.06. The maximum absolute atomic E-state index is 13.1. The third-order valence-corrected chi connectivity index (χ3v) is 7.28. The molecule has 0 bridgehead atoms. The van der Waals surface area contributed by atoms with Crippen molar-refractivity contribution in [1.29, 1.82) is 0 Å². The summed E-state index contributed by atoms with van der Waals surface area (Å²) in [5, 5.41) is 4.50. The van der Waals surface area contributed by atoms with Gasteiger partial charge in [-0.2, -0.15) is 0 Å². The molecule has 8 nitrogen and oxygen atoms in total. The SMILES string of the molecule is COc1cc(NC(=O)c2cccs2)c(C(=O)OCC(=O)c2cc(C)n(-c3ccc(Br)cc3)c2C)cc1OC. The molecule has 0 unspecified atom stereocenters. The molecule has 1 N–H and O–H groups in total. The topological polar surface area (TPSA) is 95.9 Å². The number of Topliss-reactive ketones (excluding diaryl/α,β-unsaturated/α-hetero) is 1. The number of benzene rings is 2. The minimum atomic E-state index is -0.789. The van der Waals surface area contributed by atoms with E-state index in [0.29, 0.717) is 16.2 Å². The van der Waals surface area contributed by atoms with E-state index in [-0.39, 0.29) is 22.8 Å². The van der Waals surface area contributed by atoms with E-state index in [1.54, 1.807) is 23.6 Å². The Morgan fingerprint density at radius 1 is 0.947 bits per heavy atom. The van der Waals surface area contributed by atoms with Gasteiger partial charge in [-0.25, -0.2) is 4.79 Å². The lowest BCUT2D eigenvalue weighted by atomic mass is 10.1. The summed E-state index contributed by atoms with van der Waals surface area (Å²) >= 11 is 4.70. The predicted molar refractivity (Wildman–Crippen MR) is 149 cm³/mol. The predicted octanol–water partition coefficient (Wildman–Crippen LogP) is 6.23. The number of ether oxygens (including phenoxy) is 3. The number of carbonyl (C=O) groups excluding carboxylic acids is 3. The smallest absolute Gasteiger partial charge is 0.340 e. The largest absolute Gasteiger partial charge is 0.493 e. The Bertz CT molecular complexity index is 1490. The van der Waals surface area contributed by atoms with Crippen LogP contribution >= 0.6 is 27.3 Å². The van der Waals surface area contributed by atoms with Crippen molar-refractivity contribution < 1.29 is 28.6 Å². The Morgan fingerprint density at radius 2 is 1.63 bits per heavy atom. The first-order valence-electron chi connectivity index (χ1n) is 11.5. The summed E-state index contributed by atoms with van der Waals surface area (Å²) in [5.41, 5.74) is 3.18. The van der Waals surface area contributed by atoms with E-state index >= 15 is 0 Å². The van der Waals surface area contributed by atoms with Gasteiger partial charge in [0.1, 0.15) is 0 Å². The normalized spacial score (nSPS) is 10.7. The van der Waals surface area contributed by atoms with Crippen LogP contribution in [0.4, 0.5) is 5.69 Å². The van der Waals surface area contributed by atoms with Crippen LogP contribution in [0.5, 0.6) is 11.5 Å². The molecular formula is C28H25BrN2O6S. The number of halogens is 1. The highest BCUT2D eigenvalue weighted by Gasteiger charge is 2.23. The summed E-state index contributed by atoms with van der Waals surface area (Å²) in [4.78, 5) is 39.3. The first-order chi connectivity index (χ1) is 18.2. The maximum atomic E-state index is 13.1. The number of thiophene rings is 1. The fraction of sp³-hybridized carbons (Fsp3) is 0.179. The Balaban J connectivity index is 1.56. The summed E-state index contributed by atoms with van der Waals surface area (Å²) < 4.78 is 19.0. The van der Waals surface area contributed by atoms with E-state index in [4.69, 9.17) is 14.2 Å². The van der Waals surface area contributed by atoms with Crippen molar-refractivity contribution in [2.75, 3.05) is 26.1 Å². The molecule has 0 aliphatic rings. The molecule has 0 fully saturated rings. The van der Waals surface area contributed by atoms with Gasteiger partial charge in [0.05, 0.1) is 30.3 Å². The highest BCUT2D eigenvalue weighted by Crippen LogP contribution is 2.34. The van der Waals surface area contributed by atoms with Gasteiger partial charge < -0.3 is 24.1 Å². The lowest BCUT2D eigenvalue weighted by Gasteiger charge is -2.15. The van der Waals surface area contributed by atoms with Crippen LogP contribution in [-0.4, -0.2) is 43.1 Å². The number of rotatable bonds is 9. The van der Waals surface area contributed by atoms with Crippen LogP contribution in [-0.2, 0) is 4.74 Å². The summed E-state index contributed by atoms with van der Waals surface area (Å²) in [5.74, 6) is -0.931. The van der Waals surface area contributed by atoms with Crippen LogP contribution in [0.3, 0.4) is 0 Å². The van der Waals surface area contributed by atoms with Gasteiger partial charge in [0.25, 0.3) is 5.91 Å². The van der Waals surface area contributed by atoms with Crippen molar-refractivity contribution in [2.45, 2.75) is 13.8 Å². The standard InChI is InChI=1S/C28H25BrN2O6S/c1-16-12-20(17(2)31(16)19-9-7-18(29)8-10-19)23(32)15-37-28(34)21-13-24(35-3)25(36-4)14-22(21)30-27(33)26-6-5-11-38-26/h5-14H,15H2,1-4H3,(H,30,33). The van der Waals surface area contributed by atoms with E-state index in [0.717, 1.165) is 21.5 Å². The number of anilines is 1. The highest BCUT2D eigenvalue weighted by molar-refractivity contribution is 9.10. The number of methoxy groups -OCH3 is 2. The molecule has 0 aliphatic carbocycles. The number of carbonyl (C=O) groups is 3. The lowest BCUT2D eigenvalue weighted by Crippen LogP contribution is -2.18. The zero-order chi connectivity index (χ0) is 27.4. The Kier molecular flexibility index (Phi) is 8.33. The van der Waals surface area contributed by atoms with Gasteiger partial charge in [-0.3, -0.25) is 9.59 Å². The molecule has 2 heterocycles. The molecule has 0 spiro atoms. The number of amides is 1. The second kappa shape index (κ2) is 11.7. The Hall–Kier alpha value is -3.89. The third kappa shape index (κ3) is 5.66. The van der Waals surface area contributed by atoms with Gasteiger partial charge >= 0.3 is 5.97 Å². The van der Waals surface area contributed by atoms with E-state index in [9.17, 15) is 14.4 Å². The quantitative estimate of drug-likeness (QED) is 0.182. The molecule has 4 rings (SSSR count). The van der Waals surface area contributed by atoms with E-state index < -0.39 is 18.5 Å². The molecule has 2 aromatic carbocycles. The molecule has 0 saturated carbocycles. The molecule has 1 amide bonds. The molecule has 0 atom stereocenters. The van der Waals surface area contributed by atoms with Crippen LogP contribution in [0.1, 0.15) is 41.8 Å². The van der Waals surface area contributed by atoms with E-state index in [1.165, 1.54) is 37.7 Å². The highest BCUT2D eigenvalue weighted by atomic mass is 79.9. The van der Waals surface area contributed by atoms with Gasteiger partial charge in [-0.05, 0) is 55.6 Å². The zero-order valence-electron chi connectivity index (χ0n) is 21.2. The van der Waals surface area contributed by atoms with Gasteiger partial charge in [0.15, 0.2) is 18.1 Å². The number of nitrogens with one attached hydrogen (secondary N) is 1. The molecule has 0 saturated heterocycles. The molecular weight excluding hydrogens is 572 g/mol. The molecule has 10 heteroatoms. The summed E-state index contributed by atoms with van der Waals surface area (Å²) in [7, 11) is 2.88. The fourth-order valence-corrected chi connectivity index (χ4v) is 4.95. The van der Waals surface area contributed by atoms with Gasteiger partial charge in [0.2, 0.25) is 5.78 Å². The molecule has 0 radical (unpaired) electrons. The summed E-state index contributed by atoms with van der Waals surface area (Å²) in [6, 6.07) is 15.8. The number of hydrogen-bond acceptors (Lipinski definition) is 7. The number of esters is 1. The molecule has 0 aliphatic heterocycles. The van der Waals surface area contributed by atoms with Crippen LogP contribution in [0.15, 0.2) is 64.5 Å². The van der Waals surface area contributed by atoms with Gasteiger partial charge in [-0.1, -0.05) is 22.0 Å². The van der Waals surface area contributed by atoms with Crippen molar-refractivity contribution >= 4 is 50.6 Å². The summed E-state index contributed by atoms with van der Waals surface area (Å²) in [6.07, 6.45) is 0. The van der Waals surface area contributed by atoms with Crippen molar-refractivity contribution in [3.63, 3.8) is 0 Å². The first kappa shape index (κ1) is 27.2. The minimum Gasteiger partial charge on any atom is -0.493 e. The molecule has 38 heavy (non-hydrogen) atoms. The van der Waals surface area contributed by atoms with Crippen molar-refractivity contribution in [3.8, 4) is 17.2 Å². The van der Waals surface area contributed by atoms with E-state index in [1.807, 2.05) is 42.7 Å². The zero-order valence-corrected chi connectivity index (χ0v) is 23.6. The number of aromatic nitrogens is 1. The number of hydrogen-bond donors (Lipinski definition) is 1. The van der Waals surface area contributed by atoms with Gasteiger partial charge in [-0.15, -0.1) is 11.3 Å². The molecule has 2 aromatic heterocycles. The minimum absolute atomic E-state index is 0.0284. The number of aryl methyl sites for hydroxylation is 1. The monoisotopic (exact) mass is 596 g/mol. The molecule has 4 aromatic rings. The van der Waals surface area contributed by atoms with E-state index in [2.05, 4.69) is 21.2 Å². The number of nitrogens with zero attached hydrogens (tertiary/aromatic N) is 1. The second-order valence-electron chi connectivity index (χ2n) is 8.28. The Morgan fingerprint density at radius 3 is 2.26 bits per heavy atom. The van der Waals surface area contributed by atoms with Crippen LogP contribution in [0, 0.1) is 13.8 Å². The van der Waals surface area contributed by atoms with Crippen molar-refractivity contribution in [2.24, 2.45) is 0 Å². The van der Waals surface area contributed by atoms with Crippen molar-refractivity contribution in [3.05, 3.63) is 91.8 Å². The molecule has 196 valence electrons. The second-order valence-corrected chi connectivity index (χ2v) is 10.1.